The van der Waals surface area contributed by atoms with E-state index in [1.807, 2.05) is 6.08 Å². The van der Waals surface area contributed by atoms with Crippen LogP contribution in [0.15, 0.2) is 36.5 Å². The molecule has 1 unspecified atom stereocenters. The minimum absolute atomic E-state index is 0.509. The van der Waals surface area contributed by atoms with Crippen LogP contribution >= 0.6 is 0 Å². The summed E-state index contributed by atoms with van der Waals surface area (Å²) in [6.07, 6.45) is 8.40. The third-order valence-corrected chi connectivity index (χ3v) is 1.80. The first-order valence-electron chi connectivity index (χ1n) is 3.88. The third-order valence-electron chi connectivity index (χ3n) is 1.80. The van der Waals surface area contributed by atoms with Gasteiger partial charge in [0.25, 0.3) is 0 Å². The fourth-order valence-corrected chi connectivity index (χ4v) is 1.20. The molecule has 0 saturated heterocycles. The van der Waals surface area contributed by atoms with Gasteiger partial charge in [-0.15, -0.1) is 0 Å². The molecule has 0 saturated carbocycles. The van der Waals surface area contributed by atoms with Crippen LogP contribution in [-0.4, -0.2) is 25.5 Å². The van der Waals surface area contributed by atoms with Gasteiger partial charge in [-0.25, -0.2) is 0 Å². The van der Waals surface area contributed by atoms with Crippen molar-refractivity contribution in [2.75, 3.05) is 20.6 Å². The molecule has 1 heteroatoms. The van der Waals surface area contributed by atoms with Gasteiger partial charge in [-0.3, -0.25) is 0 Å². The third kappa shape index (κ3) is 2.35. The van der Waals surface area contributed by atoms with Crippen molar-refractivity contribution in [3.63, 3.8) is 0 Å². The minimum atomic E-state index is 0.509. The maximum absolute atomic E-state index is 3.98. The number of hydrogen-bond donors (Lipinski definition) is 0. The van der Waals surface area contributed by atoms with Crippen LogP contribution in [0.25, 0.3) is 0 Å². The smallest absolute Gasteiger partial charge is 0.0143 e. The predicted molar refractivity (Wildman–Crippen MR) is 49.5 cm³/mol. The summed E-state index contributed by atoms with van der Waals surface area (Å²) in [5.41, 5.74) is 1.21. The van der Waals surface area contributed by atoms with Crippen LogP contribution in [0, 0.1) is 5.92 Å². The molecular weight excluding hydrogens is 134 g/mol. The van der Waals surface area contributed by atoms with Crippen molar-refractivity contribution in [1.82, 2.24) is 4.90 Å². The van der Waals surface area contributed by atoms with E-state index < -0.39 is 0 Å². The van der Waals surface area contributed by atoms with E-state index in [-0.39, 0.29) is 0 Å². The van der Waals surface area contributed by atoms with E-state index in [4.69, 9.17) is 0 Å². The molecule has 0 aromatic heterocycles. The first-order chi connectivity index (χ1) is 5.20. The van der Waals surface area contributed by atoms with Crippen LogP contribution in [0.1, 0.15) is 0 Å². The fraction of sp³-hybridized carbons (Fsp3) is 0.400. The molecule has 0 bridgehead atoms. The summed E-state index contributed by atoms with van der Waals surface area (Å²) in [5.74, 6) is 0.509. The zero-order chi connectivity index (χ0) is 8.27. The molecule has 1 aliphatic carbocycles. The second-order valence-electron chi connectivity index (χ2n) is 3.19. The molecule has 1 rings (SSSR count). The number of rotatable bonds is 2. The molecule has 0 aromatic carbocycles. The van der Waals surface area contributed by atoms with Crippen molar-refractivity contribution in [2.24, 2.45) is 5.92 Å². The molecular formula is C10H15N. The second-order valence-corrected chi connectivity index (χ2v) is 3.19. The van der Waals surface area contributed by atoms with Crippen molar-refractivity contribution < 1.29 is 0 Å². The van der Waals surface area contributed by atoms with Crippen molar-refractivity contribution in [2.45, 2.75) is 0 Å². The average molecular weight is 149 g/mol. The fourth-order valence-electron chi connectivity index (χ4n) is 1.20. The second kappa shape index (κ2) is 3.54. The highest BCUT2D eigenvalue weighted by molar-refractivity contribution is 5.30. The quantitative estimate of drug-likeness (QED) is 0.579. The molecule has 11 heavy (non-hydrogen) atoms. The number of hydrogen-bond acceptors (Lipinski definition) is 1. The Bertz CT molecular complexity index is 199. The van der Waals surface area contributed by atoms with E-state index in [1.165, 1.54) is 5.57 Å². The Balaban J connectivity index is 2.52. The molecule has 1 aliphatic rings. The first-order valence-corrected chi connectivity index (χ1v) is 3.88. The summed E-state index contributed by atoms with van der Waals surface area (Å²) in [6, 6.07) is 0. The minimum Gasteiger partial charge on any atom is -0.308 e. The van der Waals surface area contributed by atoms with Gasteiger partial charge in [-0.05, 0) is 19.7 Å². The number of allylic oxidation sites excluding steroid dienone is 3. The lowest BCUT2D eigenvalue weighted by Crippen LogP contribution is -2.21. The maximum atomic E-state index is 3.98. The van der Waals surface area contributed by atoms with E-state index >= 15 is 0 Å². The molecule has 60 valence electrons. The average Bonchev–Trinajstić information content (AvgIpc) is 1.93. The highest BCUT2D eigenvalue weighted by Gasteiger charge is 2.09. The Morgan fingerprint density at radius 2 is 2.18 bits per heavy atom. The van der Waals surface area contributed by atoms with Gasteiger partial charge in [0.2, 0.25) is 0 Å². The van der Waals surface area contributed by atoms with Crippen molar-refractivity contribution >= 4 is 0 Å². The molecule has 0 aliphatic heterocycles. The highest BCUT2D eigenvalue weighted by atomic mass is 15.1. The highest BCUT2D eigenvalue weighted by Crippen LogP contribution is 2.16. The molecule has 0 N–H and O–H groups in total. The molecule has 0 aromatic rings. The molecule has 1 nitrogen and oxygen atoms in total. The lowest BCUT2D eigenvalue weighted by Gasteiger charge is -2.19. The standard InChI is InChI=1S/C10H15N/c1-9-6-4-5-7-10(9)8-11(2)3/h4-7,10H,1,8H2,2-3H3. The summed E-state index contributed by atoms with van der Waals surface area (Å²) in [7, 11) is 4.17. The zero-order valence-electron chi connectivity index (χ0n) is 7.25. The molecule has 0 amide bonds. The van der Waals surface area contributed by atoms with Crippen LogP contribution < -0.4 is 0 Å². The largest absolute Gasteiger partial charge is 0.308 e. The summed E-state index contributed by atoms with van der Waals surface area (Å²) >= 11 is 0. The Morgan fingerprint density at radius 3 is 2.73 bits per heavy atom. The lowest BCUT2D eigenvalue weighted by atomic mass is 9.96. The van der Waals surface area contributed by atoms with Crippen molar-refractivity contribution in [3.8, 4) is 0 Å². The van der Waals surface area contributed by atoms with E-state index in [1.54, 1.807) is 0 Å². The van der Waals surface area contributed by atoms with Gasteiger partial charge in [-0.2, -0.15) is 0 Å². The van der Waals surface area contributed by atoms with Gasteiger partial charge < -0.3 is 4.90 Å². The van der Waals surface area contributed by atoms with Crippen LogP contribution in [0.5, 0.6) is 0 Å². The van der Waals surface area contributed by atoms with E-state index in [2.05, 4.69) is 43.8 Å². The molecule has 0 heterocycles. The Kier molecular flexibility index (Phi) is 2.66. The number of nitrogens with zero attached hydrogens (tertiary/aromatic N) is 1. The van der Waals surface area contributed by atoms with E-state index in [0.717, 1.165) is 6.54 Å². The van der Waals surface area contributed by atoms with Crippen LogP contribution in [0.2, 0.25) is 0 Å². The maximum Gasteiger partial charge on any atom is 0.0143 e. The Labute approximate surface area is 68.7 Å². The first kappa shape index (κ1) is 8.28. The topological polar surface area (TPSA) is 3.24 Å². The summed E-state index contributed by atoms with van der Waals surface area (Å²) < 4.78 is 0. The van der Waals surface area contributed by atoms with Crippen molar-refractivity contribution in [3.05, 3.63) is 36.5 Å². The van der Waals surface area contributed by atoms with Gasteiger partial charge in [0.05, 0.1) is 0 Å². The SMILES string of the molecule is C=C1C=CC=CC1CN(C)C. The zero-order valence-corrected chi connectivity index (χ0v) is 7.25. The summed E-state index contributed by atoms with van der Waals surface area (Å²) in [4.78, 5) is 2.18. The molecule has 0 spiro atoms. The molecule has 1 atom stereocenters. The van der Waals surface area contributed by atoms with Crippen LogP contribution in [0.3, 0.4) is 0 Å². The normalized spacial score (nSPS) is 23.2. The molecule has 0 fully saturated rings. The Hall–Kier alpha value is -0.820. The van der Waals surface area contributed by atoms with Gasteiger partial charge in [0.15, 0.2) is 0 Å². The van der Waals surface area contributed by atoms with Gasteiger partial charge in [0, 0.05) is 12.5 Å². The van der Waals surface area contributed by atoms with Gasteiger partial charge in [0.1, 0.15) is 0 Å². The van der Waals surface area contributed by atoms with E-state index in [0.29, 0.717) is 5.92 Å². The molecule has 0 radical (unpaired) electrons. The van der Waals surface area contributed by atoms with Crippen molar-refractivity contribution in [1.29, 1.82) is 0 Å². The lowest BCUT2D eigenvalue weighted by molar-refractivity contribution is 0.381. The van der Waals surface area contributed by atoms with Gasteiger partial charge >= 0.3 is 0 Å². The van der Waals surface area contributed by atoms with Gasteiger partial charge in [-0.1, -0.05) is 30.9 Å². The summed E-state index contributed by atoms with van der Waals surface area (Å²) in [5, 5.41) is 0. The van der Waals surface area contributed by atoms with Crippen LogP contribution in [-0.2, 0) is 0 Å². The summed E-state index contributed by atoms with van der Waals surface area (Å²) in [6.45, 7) is 5.04. The predicted octanol–water partition coefficient (Wildman–Crippen LogP) is 1.85. The Morgan fingerprint density at radius 1 is 1.45 bits per heavy atom. The van der Waals surface area contributed by atoms with E-state index in [9.17, 15) is 0 Å². The monoisotopic (exact) mass is 149 g/mol. The van der Waals surface area contributed by atoms with Crippen LogP contribution in [0.4, 0.5) is 0 Å².